The Morgan fingerprint density at radius 1 is 0.439 bits per heavy atom. The number of esters is 4. The van der Waals surface area contributed by atoms with Crippen molar-refractivity contribution in [3.8, 4) is 0 Å². The number of amides is 1. The fraction of sp³-hybridized carbons (Fsp3) is 0.863. The highest BCUT2D eigenvalue weighted by molar-refractivity contribution is 5.80. The monoisotopic (exact) mass is 958 g/mol. The van der Waals surface area contributed by atoms with E-state index in [4.69, 9.17) is 18.9 Å². The van der Waals surface area contributed by atoms with E-state index in [-0.39, 0.29) is 73.4 Å². The first-order chi connectivity index (χ1) is 30.0. The molecule has 0 aromatic carbocycles. The molecule has 0 aromatic heterocycles. The minimum absolute atomic E-state index is 0. The predicted molar refractivity (Wildman–Crippen MR) is 270 cm³/mol. The number of rotatable bonds is 19. The lowest BCUT2D eigenvalue weighted by atomic mass is 10.1. The largest absolute Gasteiger partial charge is 0.508 e. The molecule has 0 rings (SSSR count). The van der Waals surface area contributed by atoms with Gasteiger partial charge in [0.2, 0.25) is 5.91 Å². The van der Waals surface area contributed by atoms with Gasteiger partial charge < -0.3 is 38.5 Å². The van der Waals surface area contributed by atoms with E-state index in [1.807, 2.05) is 132 Å². The van der Waals surface area contributed by atoms with Gasteiger partial charge in [0.1, 0.15) is 5.78 Å². The Morgan fingerprint density at radius 3 is 1.06 bits per heavy atom. The zero-order chi connectivity index (χ0) is 53.1. The summed E-state index contributed by atoms with van der Waals surface area (Å²) in [6.45, 7) is 47.6. The van der Waals surface area contributed by atoms with Crippen molar-refractivity contribution in [2.75, 3.05) is 26.4 Å². The third kappa shape index (κ3) is 98.9. The molecule has 0 saturated heterocycles. The number of carbonyl (C=O) groups excluding carboxylic acids is 7. The van der Waals surface area contributed by atoms with Crippen LogP contribution < -0.4 is 5.32 Å². The number of Topliss-reactive ketones (excluding diaryl/α,β-unsaturated/α-hetero) is 1. The van der Waals surface area contributed by atoms with Crippen LogP contribution >= 0.6 is 0 Å². The second-order valence-corrected chi connectivity index (χ2v) is 16.3. The van der Waals surface area contributed by atoms with Crippen LogP contribution in [0.2, 0.25) is 0 Å². The van der Waals surface area contributed by atoms with Crippen molar-refractivity contribution in [1.82, 2.24) is 5.32 Å². The second kappa shape index (κ2) is 61.2. The Morgan fingerprint density at radius 2 is 0.864 bits per heavy atom. The summed E-state index contributed by atoms with van der Waals surface area (Å²) in [5.41, 5.74) is 0. The topological polar surface area (TPSA) is 196 Å². The van der Waals surface area contributed by atoms with E-state index in [0.717, 1.165) is 25.9 Å². The second-order valence-electron chi connectivity index (χ2n) is 16.3. The van der Waals surface area contributed by atoms with Crippen LogP contribution in [0.15, 0.2) is 0 Å². The van der Waals surface area contributed by atoms with E-state index in [1.54, 1.807) is 34.6 Å². The van der Waals surface area contributed by atoms with Crippen molar-refractivity contribution in [3.63, 3.8) is 0 Å². The summed E-state index contributed by atoms with van der Waals surface area (Å²) < 4.78 is 33.2. The molecule has 0 aliphatic carbocycles. The minimum Gasteiger partial charge on any atom is -0.466 e. The Labute approximate surface area is 406 Å². The highest BCUT2D eigenvalue weighted by Crippen LogP contribution is 2.01. The third-order valence-electron chi connectivity index (χ3n) is 6.12. The molecule has 0 spiro atoms. The van der Waals surface area contributed by atoms with Crippen LogP contribution in [-0.2, 0) is 61.9 Å². The van der Waals surface area contributed by atoms with Crippen LogP contribution in [0.5, 0.6) is 0 Å². The van der Waals surface area contributed by atoms with E-state index >= 15 is 0 Å². The molecule has 0 aliphatic heterocycles. The maximum atomic E-state index is 10.7. The summed E-state index contributed by atoms with van der Waals surface area (Å²) >= 11 is 0. The lowest BCUT2D eigenvalue weighted by Crippen LogP contribution is -2.29. The summed E-state index contributed by atoms with van der Waals surface area (Å²) in [6, 6.07) is 0.280. The van der Waals surface area contributed by atoms with E-state index in [2.05, 4.69) is 19.5 Å². The van der Waals surface area contributed by atoms with Crippen molar-refractivity contribution in [2.45, 2.75) is 249 Å². The summed E-state index contributed by atoms with van der Waals surface area (Å²) in [5.74, 6) is 0.731. The smallest absolute Gasteiger partial charge is 0.466 e. The average molecular weight is 958 g/mol. The minimum atomic E-state index is -0.590. The number of hydrogen-bond donors (Lipinski definition) is 1. The molecular formula is C51H107NO14. The number of nitrogens with one attached hydrogen (secondary N) is 1. The van der Waals surface area contributed by atoms with Gasteiger partial charge in [-0.1, -0.05) is 76.7 Å². The molecule has 0 radical (unpaired) electrons. The number of ketones is 1. The van der Waals surface area contributed by atoms with Crippen molar-refractivity contribution in [3.05, 3.63) is 0 Å². The Bertz CT molecular complexity index is 1000. The quantitative estimate of drug-likeness (QED) is 0.0948. The Balaban J connectivity index is -0.0000000804. The van der Waals surface area contributed by atoms with Gasteiger partial charge in [0.15, 0.2) is 0 Å². The van der Waals surface area contributed by atoms with Gasteiger partial charge in [-0.15, -0.1) is 0 Å². The molecule has 0 aromatic rings. The summed E-state index contributed by atoms with van der Waals surface area (Å²) in [7, 11) is 0. The third-order valence-corrected chi connectivity index (χ3v) is 6.12. The van der Waals surface area contributed by atoms with Crippen LogP contribution in [0.3, 0.4) is 0 Å². The number of carbonyl (C=O) groups is 7. The Kier molecular flexibility index (Phi) is 76.4. The molecule has 66 heavy (non-hydrogen) atoms. The van der Waals surface area contributed by atoms with Gasteiger partial charge in [-0.25, -0.2) is 4.79 Å². The molecule has 1 amide bonds. The van der Waals surface area contributed by atoms with Crippen molar-refractivity contribution in [2.24, 2.45) is 17.8 Å². The van der Waals surface area contributed by atoms with E-state index in [0.29, 0.717) is 63.3 Å². The molecule has 400 valence electrons. The van der Waals surface area contributed by atoms with Gasteiger partial charge in [-0.3, -0.25) is 28.8 Å². The van der Waals surface area contributed by atoms with Crippen LogP contribution in [0, 0.1) is 17.8 Å². The van der Waals surface area contributed by atoms with Gasteiger partial charge in [0, 0.05) is 50.7 Å². The molecule has 0 aliphatic rings. The molecule has 0 unspecified atom stereocenters. The van der Waals surface area contributed by atoms with Gasteiger partial charge in [0.25, 0.3) is 0 Å². The first-order valence-electron chi connectivity index (χ1n) is 23.9. The van der Waals surface area contributed by atoms with E-state index in [9.17, 15) is 33.6 Å². The lowest BCUT2D eigenvalue weighted by molar-refractivity contribution is -0.148. The highest BCUT2D eigenvalue weighted by atomic mass is 16.7. The summed E-state index contributed by atoms with van der Waals surface area (Å²) in [6.07, 6.45) is 4.50. The fourth-order valence-electron chi connectivity index (χ4n) is 3.37. The molecule has 0 heterocycles. The molecule has 0 atom stereocenters. The fourth-order valence-corrected chi connectivity index (χ4v) is 3.37. The maximum absolute atomic E-state index is 10.7. The zero-order valence-corrected chi connectivity index (χ0v) is 46.1. The van der Waals surface area contributed by atoms with Crippen molar-refractivity contribution in [1.29, 1.82) is 0 Å². The van der Waals surface area contributed by atoms with Crippen LogP contribution in [-0.4, -0.2) is 98.6 Å². The molecule has 0 saturated carbocycles. The van der Waals surface area contributed by atoms with Crippen LogP contribution in [0.1, 0.15) is 219 Å². The lowest BCUT2D eigenvalue weighted by Gasteiger charge is -2.05. The molecule has 0 bridgehead atoms. The van der Waals surface area contributed by atoms with Gasteiger partial charge >= 0.3 is 30.0 Å². The number of ether oxygens (including phenoxy) is 7. The normalized spacial score (nSPS) is 9.52. The maximum Gasteiger partial charge on any atom is 0.508 e. The molecule has 1 N–H and O–H groups in total. The van der Waals surface area contributed by atoms with Crippen LogP contribution in [0.4, 0.5) is 4.79 Å². The highest BCUT2D eigenvalue weighted by Gasteiger charge is 2.06. The van der Waals surface area contributed by atoms with E-state index < -0.39 is 6.16 Å². The average Bonchev–Trinajstić information content (AvgIpc) is 3.15. The molecule has 0 fully saturated rings. The van der Waals surface area contributed by atoms with Crippen molar-refractivity contribution >= 4 is 41.7 Å². The zero-order valence-electron chi connectivity index (χ0n) is 46.1. The molecule has 15 nitrogen and oxygen atoms in total. The number of hydrogen-bond acceptors (Lipinski definition) is 14. The van der Waals surface area contributed by atoms with Crippen molar-refractivity contribution < 1.29 is 66.7 Å². The Hall–Kier alpha value is -3.75. The standard InChI is InChI=1S/2C7H14O2.C7H14O.C6H13NO.C6H12O3.2C6H12O2.C5H12O.CH4/c1-4-9-7(8)5-6(2)3;1-4-5-7(8)9-6(2)3;1-4-5-7(8)6(2)3;1-4-6(8)7-5(2)3;1-4-8-6(7)9-5(2)3;1-4-8-6(7)5(2)3;1-4-6(7)8-5(2)3;1-4-6-5(2)3;/h2*6H,4-5H2,1-3H3;6H,4-5H2,1-3H3;5H,4H2,1-3H3,(H,7,8);5H,4H2,1-3H3;2*5H,4H2,1-3H3;5H,4H2,1-3H3;1H4. The predicted octanol–water partition coefficient (Wildman–Crippen LogP) is 12.5. The van der Waals surface area contributed by atoms with Gasteiger partial charge in [-0.05, 0) is 116 Å². The summed E-state index contributed by atoms with van der Waals surface area (Å²) in [5, 5.41) is 2.75. The first kappa shape index (κ1) is 82.4. The van der Waals surface area contributed by atoms with E-state index in [1.165, 1.54) is 0 Å². The SMILES string of the molecule is C.CCC(=O)NC(C)C.CCC(=O)OC(C)C.CCCC(=O)C(C)C.CCCC(=O)OC(C)C.CCOC(=O)C(C)C.CCOC(=O)CC(C)C.CCOC(=O)OC(C)C.CCOC(C)C. The molecule has 15 heteroatoms. The van der Waals surface area contributed by atoms with Gasteiger partial charge in [0.05, 0.1) is 50.2 Å². The summed E-state index contributed by atoms with van der Waals surface area (Å²) in [4.78, 5) is 73.8. The first-order valence-corrected chi connectivity index (χ1v) is 23.9. The molecular weight excluding hydrogens is 851 g/mol. The van der Waals surface area contributed by atoms with Crippen LogP contribution in [0.25, 0.3) is 0 Å². The van der Waals surface area contributed by atoms with Gasteiger partial charge in [-0.2, -0.15) is 0 Å².